The van der Waals surface area contributed by atoms with Gasteiger partial charge in [0.25, 0.3) is 5.91 Å². The zero-order valence-electron chi connectivity index (χ0n) is 11.7. The molecular weight excluding hydrogens is 526 g/mol. The van der Waals surface area contributed by atoms with Crippen molar-refractivity contribution in [2.45, 2.75) is 0 Å². The van der Waals surface area contributed by atoms with Gasteiger partial charge in [-0.3, -0.25) is 9.59 Å². The van der Waals surface area contributed by atoms with Crippen LogP contribution in [0.25, 0.3) is 0 Å². The van der Waals surface area contributed by atoms with Gasteiger partial charge in [-0.05, 0) is 44.0 Å². The van der Waals surface area contributed by atoms with E-state index in [0.29, 0.717) is 19.0 Å². The number of nitrogens with zero attached hydrogens (tertiary/aromatic N) is 1. The summed E-state index contributed by atoms with van der Waals surface area (Å²) in [6.45, 7) is -0.923. The number of rotatable bonds is 6. The number of likely N-dealkylation sites (N-methyl/N-ethyl adjacent to an activating group) is 1. The topological polar surface area (TPSA) is 104 Å². The summed E-state index contributed by atoms with van der Waals surface area (Å²) in [4.78, 5) is 25.0. The second kappa shape index (κ2) is 8.56. The molecule has 23 heavy (non-hydrogen) atoms. The van der Waals surface area contributed by atoms with Gasteiger partial charge in [0.2, 0.25) is 0 Å². The molecule has 1 aromatic rings. The van der Waals surface area contributed by atoms with Crippen molar-refractivity contribution in [3.8, 4) is 0 Å². The van der Waals surface area contributed by atoms with E-state index in [1.165, 1.54) is 7.05 Å². The van der Waals surface area contributed by atoms with E-state index in [1.807, 2.05) is 0 Å². The summed E-state index contributed by atoms with van der Waals surface area (Å²) in [7, 11) is -3.05. The number of hydrogen-bond donors (Lipinski definition) is 0. The second-order valence-corrected chi connectivity index (χ2v) is 8.48. The van der Waals surface area contributed by atoms with Gasteiger partial charge in [-0.25, -0.2) is 8.42 Å². The first-order valence-electron chi connectivity index (χ1n) is 6.00. The van der Waals surface area contributed by atoms with Gasteiger partial charge < -0.3 is 14.2 Å². The smallest absolute Gasteiger partial charge is 0.325 e. The molecule has 0 aliphatic heterocycles. The van der Waals surface area contributed by atoms with Crippen molar-refractivity contribution in [2.75, 3.05) is 26.0 Å². The number of carbonyl (C=O) groups excluding carboxylic acids is 2. The van der Waals surface area contributed by atoms with Gasteiger partial charge in [0.15, 0.2) is 0 Å². The maximum Gasteiger partial charge on any atom is 0.325 e. The highest BCUT2D eigenvalue weighted by molar-refractivity contribution is 9.13. The second-order valence-electron chi connectivity index (χ2n) is 4.39. The maximum atomic E-state index is 12.3. The summed E-state index contributed by atoms with van der Waals surface area (Å²) < 4.78 is 37.7. The Kier molecular flexibility index (Phi) is 7.65. The number of esters is 1. The molecule has 0 aliphatic rings. The summed E-state index contributed by atoms with van der Waals surface area (Å²) >= 11 is 9.84. The number of benzene rings is 1. The van der Waals surface area contributed by atoms with Crippen LogP contribution in [0.1, 0.15) is 10.4 Å². The molecule has 0 radical (unpaired) electrons. The Morgan fingerprint density at radius 2 is 1.87 bits per heavy atom. The Morgan fingerprint density at radius 1 is 1.26 bits per heavy atom. The molecule has 0 saturated heterocycles. The van der Waals surface area contributed by atoms with E-state index in [9.17, 15) is 22.6 Å². The number of ether oxygens (including phenoxy) is 1. The molecule has 11 heteroatoms. The monoisotopic (exact) mass is 534 g/mol. The zero-order valence-corrected chi connectivity index (χ0v) is 17.3. The molecule has 0 saturated carbocycles. The van der Waals surface area contributed by atoms with Gasteiger partial charge in [0.1, 0.15) is 13.2 Å². The van der Waals surface area contributed by atoms with Gasteiger partial charge in [0.05, 0.1) is 21.4 Å². The van der Waals surface area contributed by atoms with Crippen LogP contribution in [0.4, 0.5) is 0 Å². The van der Waals surface area contributed by atoms with Crippen LogP contribution < -0.4 is 0 Å². The van der Waals surface area contributed by atoms with Crippen LogP contribution in [-0.4, -0.2) is 55.7 Å². The molecule has 0 N–H and O–H groups in total. The highest BCUT2D eigenvalue weighted by Crippen LogP contribution is 2.31. The third kappa shape index (κ3) is 6.87. The lowest BCUT2D eigenvalue weighted by molar-refractivity contribution is -0.143. The quantitative estimate of drug-likeness (QED) is 0.313. The fraction of sp³-hybridized carbons (Fsp3) is 0.333. The molecule has 7 nitrogen and oxygen atoms in total. The molecule has 0 atom stereocenters. The number of amides is 1. The zero-order chi connectivity index (χ0) is 17.8. The van der Waals surface area contributed by atoms with Gasteiger partial charge in [-0.2, -0.15) is 0 Å². The lowest BCUT2D eigenvalue weighted by Gasteiger charge is -2.18. The molecule has 1 amide bonds. The van der Waals surface area contributed by atoms with E-state index >= 15 is 0 Å². The van der Waals surface area contributed by atoms with E-state index in [-0.39, 0.29) is 6.54 Å². The van der Waals surface area contributed by atoms with Gasteiger partial charge in [0, 0.05) is 20.5 Å². The Hall–Kier alpha value is -0.490. The van der Waals surface area contributed by atoms with Crippen LogP contribution in [0, 0.1) is 0 Å². The molecule has 0 unspecified atom stereocenters. The lowest BCUT2D eigenvalue weighted by Crippen LogP contribution is -2.33. The average Bonchev–Trinajstić information content (AvgIpc) is 2.40. The number of hydrogen-bond acceptors (Lipinski definition) is 6. The Bertz CT molecular complexity index is 722. The highest BCUT2D eigenvalue weighted by Gasteiger charge is 2.20. The summed E-state index contributed by atoms with van der Waals surface area (Å²) in [6.07, 6.45) is 0. The predicted octanol–water partition coefficient (Wildman–Crippen LogP) is 2.13. The minimum atomic E-state index is -4.45. The van der Waals surface area contributed by atoms with Crippen molar-refractivity contribution in [3.63, 3.8) is 0 Å². The highest BCUT2D eigenvalue weighted by atomic mass is 79.9. The van der Waals surface area contributed by atoms with E-state index in [4.69, 9.17) is 0 Å². The van der Waals surface area contributed by atoms with Gasteiger partial charge in [-0.1, -0.05) is 15.9 Å². The van der Waals surface area contributed by atoms with Gasteiger partial charge in [-0.15, -0.1) is 0 Å². The van der Waals surface area contributed by atoms with Gasteiger partial charge >= 0.3 is 5.97 Å². The van der Waals surface area contributed by atoms with E-state index in [2.05, 4.69) is 52.5 Å². The molecule has 0 bridgehead atoms. The minimum absolute atomic E-state index is 0.323. The van der Waals surface area contributed by atoms with Crippen molar-refractivity contribution >= 4 is 69.8 Å². The van der Waals surface area contributed by atoms with Crippen LogP contribution in [0.5, 0.6) is 0 Å². The first-order valence-corrected chi connectivity index (χ1v) is 9.96. The summed E-state index contributed by atoms with van der Waals surface area (Å²) in [5.41, 5.74) is 0.323. The standard InChI is InChI=1S/C12H12Br3NO6S/c1-16(6-10(17)22-2-3-23(19,20)21)12(18)8-4-7(13)5-9(14)11(8)15/h4-5H,2-3,6H2,1H3,(H,19,20,21)/p-1. The van der Waals surface area contributed by atoms with Crippen molar-refractivity contribution in [1.29, 1.82) is 0 Å². The molecule has 0 heterocycles. The SMILES string of the molecule is CN(CC(=O)OCCS(=O)(=O)[O-])C(=O)c1cc(Br)cc(Br)c1Br. The summed E-state index contributed by atoms with van der Waals surface area (Å²) in [5.74, 6) is -2.05. The summed E-state index contributed by atoms with van der Waals surface area (Å²) in [6, 6.07) is 3.33. The maximum absolute atomic E-state index is 12.3. The Labute approximate surface area is 158 Å². The van der Waals surface area contributed by atoms with E-state index in [1.54, 1.807) is 12.1 Å². The van der Waals surface area contributed by atoms with Crippen LogP contribution in [0.3, 0.4) is 0 Å². The number of carbonyl (C=O) groups is 2. The normalized spacial score (nSPS) is 11.2. The third-order valence-electron chi connectivity index (χ3n) is 2.53. The summed E-state index contributed by atoms with van der Waals surface area (Å²) in [5, 5.41) is 0. The molecule has 0 fully saturated rings. The largest absolute Gasteiger partial charge is 0.748 e. The van der Waals surface area contributed by atoms with E-state index in [0.717, 1.165) is 4.90 Å². The van der Waals surface area contributed by atoms with Crippen molar-refractivity contribution in [1.82, 2.24) is 4.90 Å². The molecular formula is C12H11Br3NO6S-. The molecule has 0 aliphatic carbocycles. The fourth-order valence-corrected chi connectivity index (χ4v) is 3.40. The first kappa shape index (κ1) is 20.6. The van der Waals surface area contributed by atoms with Crippen molar-refractivity contribution < 1.29 is 27.3 Å². The molecule has 1 aromatic carbocycles. The van der Waals surface area contributed by atoms with Crippen molar-refractivity contribution in [3.05, 3.63) is 31.1 Å². The van der Waals surface area contributed by atoms with Crippen LogP contribution in [-0.2, 0) is 19.6 Å². The molecule has 128 valence electrons. The molecule has 1 rings (SSSR count). The van der Waals surface area contributed by atoms with E-state index < -0.39 is 34.4 Å². The molecule has 0 aromatic heterocycles. The Morgan fingerprint density at radius 3 is 2.43 bits per heavy atom. The van der Waals surface area contributed by atoms with Crippen molar-refractivity contribution in [2.24, 2.45) is 0 Å². The average molecular weight is 537 g/mol. The first-order chi connectivity index (χ1) is 10.5. The van der Waals surface area contributed by atoms with Crippen LogP contribution >= 0.6 is 47.8 Å². The Balaban J connectivity index is 2.69. The molecule has 0 spiro atoms. The third-order valence-corrected chi connectivity index (χ3v) is 5.67. The van der Waals surface area contributed by atoms with Crippen LogP contribution in [0.2, 0.25) is 0 Å². The minimum Gasteiger partial charge on any atom is -0.748 e. The predicted molar refractivity (Wildman–Crippen MR) is 92.0 cm³/mol. The fourth-order valence-electron chi connectivity index (χ4n) is 1.49. The number of halogens is 3. The lowest BCUT2D eigenvalue weighted by atomic mass is 10.2. The van der Waals surface area contributed by atoms with Crippen LogP contribution in [0.15, 0.2) is 25.6 Å².